The van der Waals surface area contributed by atoms with E-state index in [-0.39, 0.29) is 0 Å². The Morgan fingerprint density at radius 2 is 2.00 bits per heavy atom. The number of benzene rings is 1. The molecule has 0 amide bonds. The highest BCUT2D eigenvalue weighted by Crippen LogP contribution is 2.21. The molecule has 126 valence electrons. The molecule has 0 spiro atoms. The molecule has 24 heavy (non-hydrogen) atoms. The molecule has 2 heterocycles. The van der Waals surface area contributed by atoms with Crippen LogP contribution in [0, 0.1) is 5.92 Å². The summed E-state index contributed by atoms with van der Waals surface area (Å²) in [6.45, 7) is 7.72. The predicted molar refractivity (Wildman–Crippen MR) is 95.4 cm³/mol. The number of nitrogens with zero attached hydrogens (tertiary/aromatic N) is 4. The van der Waals surface area contributed by atoms with E-state index in [0.29, 0.717) is 19.1 Å². The van der Waals surface area contributed by atoms with Crippen LogP contribution < -0.4 is 0 Å². The molecule has 0 aliphatic heterocycles. The van der Waals surface area contributed by atoms with Crippen LogP contribution in [0.3, 0.4) is 0 Å². The predicted octanol–water partition coefficient (Wildman–Crippen LogP) is 3.59. The average molecular weight is 324 g/mol. The Morgan fingerprint density at radius 1 is 1.17 bits per heavy atom. The van der Waals surface area contributed by atoms with Gasteiger partial charge in [0.15, 0.2) is 5.82 Å². The Labute approximate surface area is 142 Å². The van der Waals surface area contributed by atoms with Crippen molar-refractivity contribution in [3.05, 3.63) is 48.2 Å². The third-order valence-electron chi connectivity index (χ3n) is 3.82. The highest BCUT2D eigenvalue weighted by atomic mass is 16.5. The molecule has 3 rings (SSSR count). The van der Waals surface area contributed by atoms with E-state index in [1.54, 1.807) is 0 Å². The third-order valence-corrected chi connectivity index (χ3v) is 3.82. The fourth-order valence-electron chi connectivity index (χ4n) is 2.76. The van der Waals surface area contributed by atoms with Gasteiger partial charge in [0.25, 0.3) is 0 Å². The highest BCUT2D eigenvalue weighted by Gasteiger charge is 2.15. The Balaban J connectivity index is 2.05. The zero-order valence-corrected chi connectivity index (χ0v) is 14.6. The summed E-state index contributed by atoms with van der Waals surface area (Å²) in [7, 11) is 0. The molecule has 0 bridgehead atoms. The number of rotatable bonds is 7. The van der Waals surface area contributed by atoms with Crippen LogP contribution in [0.4, 0.5) is 0 Å². The van der Waals surface area contributed by atoms with Crippen molar-refractivity contribution in [1.29, 1.82) is 0 Å². The van der Waals surface area contributed by atoms with Crippen LogP contribution in [0.25, 0.3) is 16.6 Å². The maximum absolute atomic E-state index is 5.51. The second-order valence-electron chi connectivity index (χ2n) is 6.25. The smallest absolute Gasteiger partial charge is 0.151 e. The van der Waals surface area contributed by atoms with E-state index in [4.69, 9.17) is 14.8 Å². The lowest BCUT2D eigenvalue weighted by atomic mass is 10.1. The van der Waals surface area contributed by atoms with Gasteiger partial charge >= 0.3 is 0 Å². The molecule has 0 aliphatic carbocycles. The fourth-order valence-corrected chi connectivity index (χ4v) is 2.76. The third kappa shape index (κ3) is 3.62. The van der Waals surface area contributed by atoms with Gasteiger partial charge in [-0.15, -0.1) is 0 Å². The first-order chi connectivity index (χ1) is 11.7. The summed E-state index contributed by atoms with van der Waals surface area (Å²) < 4.78 is 7.45. The van der Waals surface area contributed by atoms with Gasteiger partial charge in [-0.2, -0.15) is 5.10 Å². The van der Waals surface area contributed by atoms with E-state index in [1.165, 1.54) is 0 Å². The Morgan fingerprint density at radius 3 is 2.79 bits per heavy atom. The first kappa shape index (κ1) is 16.6. The molecule has 0 N–H and O–H groups in total. The number of ether oxygens (including phenoxy) is 1. The number of fused-ring (bicyclic) bond motifs is 1. The van der Waals surface area contributed by atoms with E-state index in [1.807, 2.05) is 36.0 Å². The summed E-state index contributed by atoms with van der Waals surface area (Å²) in [6.07, 6.45) is 3.42. The Bertz CT molecular complexity index is 805. The summed E-state index contributed by atoms with van der Waals surface area (Å²) in [5, 5.41) is 5.86. The number of aromatic nitrogens is 4. The lowest BCUT2D eigenvalue weighted by molar-refractivity contribution is 0.149. The van der Waals surface area contributed by atoms with E-state index in [9.17, 15) is 0 Å². The molecule has 0 atom stereocenters. The van der Waals surface area contributed by atoms with Crippen LogP contribution in [-0.4, -0.2) is 33.0 Å². The summed E-state index contributed by atoms with van der Waals surface area (Å²) >= 11 is 0. The number of hydrogen-bond acceptors (Lipinski definition) is 4. The topological polar surface area (TPSA) is 52.8 Å². The van der Waals surface area contributed by atoms with Crippen molar-refractivity contribution < 1.29 is 4.74 Å². The Kier molecular flexibility index (Phi) is 5.20. The fraction of sp³-hybridized carbons (Fsp3) is 0.421. The summed E-state index contributed by atoms with van der Waals surface area (Å²) in [4.78, 5) is 9.29. The van der Waals surface area contributed by atoms with Gasteiger partial charge in [-0.25, -0.2) is 9.67 Å². The normalized spacial score (nSPS) is 11.5. The second kappa shape index (κ2) is 7.53. The molecular weight excluding hydrogens is 300 g/mol. The molecule has 0 radical (unpaired) electrons. The summed E-state index contributed by atoms with van der Waals surface area (Å²) in [6, 6.07) is 10.2. The minimum Gasteiger partial charge on any atom is -0.381 e. The molecule has 0 aliphatic rings. The minimum atomic E-state index is 0.520. The Hall–Kier alpha value is -2.27. The van der Waals surface area contributed by atoms with Gasteiger partial charge in [-0.3, -0.25) is 4.98 Å². The lowest BCUT2D eigenvalue weighted by Crippen LogP contribution is -2.08. The molecular formula is C19H24N4O. The molecule has 0 unspecified atom stereocenters. The zero-order valence-electron chi connectivity index (χ0n) is 14.6. The maximum atomic E-state index is 5.51. The summed E-state index contributed by atoms with van der Waals surface area (Å²) in [5.74, 6) is 2.33. The summed E-state index contributed by atoms with van der Waals surface area (Å²) in [5.41, 5.74) is 1.92. The maximum Gasteiger partial charge on any atom is 0.151 e. The minimum absolute atomic E-state index is 0.520. The molecule has 0 fully saturated rings. The van der Waals surface area contributed by atoms with Gasteiger partial charge in [0.2, 0.25) is 0 Å². The van der Waals surface area contributed by atoms with Crippen molar-refractivity contribution in [1.82, 2.24) is 19.7 Å². The van der Waals surface area contributed by atoms with E-state index in [2.05, 4.69) is 31.0 Å². The van der Waals surface area contributed by atoms with Crippen LogP contribution in [0.15, 0.2) is 36.5 Å². The molecule has 1 aromatic carbocycles. The number of hydrogen-bond donors (Lipinski definition) is 0. The van der Waals surface area contributed by atoms with E-state index in [0.717, 1.165) is 41.1 Å². The average Bonchev–Trinajstić information content (AvgIpc) is 2.96. The highest BCUT2D eigenvalue weighted by molar-refractivity contribution is 5.86. The van der Waals surface area contributed by atoms with Crippen LogP contribution in [-0.2, 0) is 17.6 Å². The second-order valence-corrected chi connectivity index (χ2v) is 6.25. The van der Waals surface area contributed by atoms with Crippen LogP contribution >= 0.6 is 0 Å². The first-order valence-corrected chi connectivity index (χ1v) is 8.55. The van der Waals surface area contributed by atoms with Crippen molar-refractivity contribution in [2.24, 2.45) is 5.92 Å². The quantitative estimate of drug-likeness (QED) is 0.623. The number of pyridine rings is 1. The molecule has 2 aromatic heterocycles. The standard InChI is InChI=1S/C19H24N4O/c1-4-24-12-10-18-21-17(13-14(2)3)22-23(18)16-9-5-7-15-8-6-11-20-19(15)16/h5-9,11,14H,4,10,12-13H2,1-3H3. The first-order valence-electron chi connectivity index (χ1n) is 8.55. The molecule has 0 saturated heterocycles. The van der Waals surface area contributed by atoms with Crippen LogP contribution in [0.1, 0.15) is 32.4 Å². The van der Waals surface area contributed by atoms with E-state index >= 15 is 0 Å². The zero-order chi connectivity index (χ0) is 16.9. The van der Waals surface area contributed by atoms with E-state index < -0.39 is 0 Å². The van der Waals surface area contributed by atoms with Gasteiger partial charge in [-0.1, -0.05) is 32.0 Å². The van der Waals surface area contributed by atoms with Gasteiger partial charge in [0.05, 0.1) is 17.8 Å². The molecule has 5 nitrogen and oxygen atoms in total. The van der Waals surface area contributed by atoms with Crippen LogP contribution in [0.2, 0.25) is 0 Å². The lowest BCUT2D eigenvalue weighted by Gasteiger charge is -2.08. The molecule has 5 heteroatoms. The van der Waals surface area contributed by atoms with Crippen molar-refractivity contribution in [2.45, 2.75) is 33.6 Å². The molecule has 0 saturated carbocycles. The van der Waals surface area contributed by atoms with Gasteiger partial charge < -0.3 is 4.74 Å². The van der Waals surface area contributed by atoms with Crippen LogP contribution in [0.5, 0.6) is 0 Å². The van der Waals surface area contributed by atoms with Crippen molar-refractivity contribution in [3.63, 3.8) is 0 Å². The van der Waals surface area contributed by atoms with Crippen molar-refractivity contribution >= 4 is 10.9 Å². The molecule has 3 aromatic rings. The monoisotopic (exact) mass is 324 g/mol. The SMILES string of the molecule is CCOCCc1nc(CC(C)C)nn1-c1cccc2cccnc12. The van der Waals surface area contributed by atoms with Crippen molar-refractivity contribution in [2.75, 3.05) is 13.2 Å². The van der Waals surface area contributed by atoms with Gasteiger partial charge in [0.1, 0.15) is 5.82 Å². The largest absolute Gasteiger partial charge is 0.381 e. The van der Waals surface area contributed by atoms with Gasteiger partial charge in [-0.05, 0) is 25.0 Å². The number of para-hydroxylation sites is 1. The van der Waals surface area contributed by atoms with Gasteiger partial charge in [0, 0.05) is 31.0 Å². The van der Waals surface area contributed by atoms with Crippen molar-refractivity contribution in [3.8, 4) is 5.69 Å².